The lowest BCUT2D eigenvalue weighted by atomic mass is 10.1. The summed E-state index contributed by atoms with van der Waals surface area (Å²) in [7, 11) is 0. The molecule has 0 amide bonds. The van der Waals surface area contributed by atoms with Gasteiger partial charge in [0.15, 0.2) is 0 Å². The molecule has 1 heterocycles. The van der Waals surface area contributed by atoms with Gasteiger partial charge in [-0.25, -0.2) is 0 Å². The summed E-state index contributed by atoms with van der Waals surface area (Å²) in [5, 5.41) is 0. The first kappa shape index (κ1) is 17.1. The number of hydrogen-bond acceptors (Lipinski definition) is 4. The van der Waals surface area contributed by atoms with Gasteiger partial charge in [0, 0.05) is 17.5 Å². The van der Waals surface area contributed by atoms with E-state index in [0.717, 1.165) is 0 Å². The molecule has 0 N–H and O–H groups in total. The number of hydrogen-bond donors (Lipinski definition) is 0. The molecular weight excluding hydrogens is 312 g/mol. The lowest BCUT2D eigenvalue weighted by Crippen LogP contribution is -2.21. The van der Waals surface area contributed by atoms with Crippen LogP contribution < -0.4 is 0 Å². The Morgan fingerprint density at radius 3 is 2.40 bits per heavy atom. The van der Waals surface area contributed by atoms with Gasteiger partial charge in [0.25, 0.3) is 0 Å². The molecule has 0 saturated carbocycles. The van der Waals surface area contributed by atoms with Gasteiger partial charge in [-0.05, 0) is 12.5 Å². The average Bonchev–Trinajstić information content (AvgIpc) is 2.32. The smallest absolute Gasteiger partial charge is 0.271 e. The van der Waals surface area contributed by atoms with Gasteiger partial charge in [-0.3, -0.25) is 13.9 Å². The van der Waals surface area contributed by atoms with Crippen LogP contribution in [0.15, 0.2) is 18.3 Å². The fourth-order valence-electron chi connectivity index (χ4n) is 1.32. The summed E-state index contributed by atoms with van der Waals surface area (Å²) in [5.41, 5.74) is -4.89. The summed E-state index contributed by atoms with van der Waals surface area (Å²) in [4.78, 5) is 3.77. The standard InChI is InChI=1S/C10H9F6NO2S/c1-2-7-6(4-3-5-17-7)8(18-9(11,12)13)19-20-10(14,15)16/h3-5,8H,2H2,1H3. The zero-order valence-electron chi connectivity index (χ0n) is 9.96. The molecule has 3 nitrogen and oxygen atoms in total. The van der Waals surface area contributed by atoms with Crippen molar-refractivity contribution in [1.82, 2.24) is 4.98 Å². The Bertz CT molecular complexity index is 436. The molecule has 1 aromatic rings. The third-order valence-corrected chi connectivity index (χ3v) is 2.44. The molecule has 0 spiro atoms. The molecule has 1 rings (SSSR count). The van der Waals surface area contributed by atoms with Crippen LogP contribution in [0.4, 0.5) is 26.3 Å². The topological polar surface area (TPSA) is 31.4 Å². The van der Waals surface area contributed by atoms with E-state index in [9.17, 15) is 26.3 Å². The Morgan fingerprint density at radius 2 is 1.90 bits per heavy atom. The maximum Gasteiger partial charge on any atom is 0.525 e. The molecule has 0 aliphatic carbocycles. The minimum absolute atomic E-state index is 0.157. The van der Waals surface area contributed by atoms with Gasteiger partial charge >= 0.3 is 11.9 Å². The van der Waals surface area contributed by atoms with Crippen LogP contribution in [0.5, 0.6) is 0 Å². The van der Waals surface area contributed by atoms with Crippen LogP contribution in [0.1, 0.15) is 24.5 Å². The second kappa shape index (κ2) is 6.64. The molecule has 20 heavy (non-hydrogen) atoms. The van der Waals surface area contributed by atoms with E-state index in [-0.39, 0.29) is 17.7 Å². The SMILES string of the molecule is CCc1ncccc1C(OSC(F)(F)F)OC(F)(F)F. The van der Waals surface area contributed by atoms with E-state index in [0.29, 0.717) is 0 Å². The first-order chi connectivity index (χ1) is 9.12. The minimum atomic E-state index is -5.14. The summed E-state index contributed by atoms with van der Waals surface area (Å²) < 4.78 is 80.5. The largest absolute Gasteiger partial charge is 0.525 e. The van der Waals surface area contributed by atoms with Crippen molar-refractivity contribution in [3.05, 3.63) is 29.6 Å². The molecular formula is C10H9F6NO2S. The first-order valence-electron chi connectivity index (χ1n) is 5.22. The Labute approximate surface area is 114 Å². The number of alkyl halides is 6. The molecule has 0 fully saturated rings. The number of rotatable bonds is 5. The van der Waals surface area contributed by atoms with Crippen molar-refractivity contribution < 1.29 is 35.3 Å². The third kappa shape index (κ3) is 5.97. The van der Waals surface area contributed by atoms with Gasteiger partial charge in [-0.1, -0.05) is 13.0 Å². The summed E-state index contributed by atoms with van der Waals surface area (Å²) in [5.74, 6) is 0. The zero-order chi connectivity index (χ0) is 15.4. The van der Waals surface area contributed by atoms with Gasteiger partial charge in [0.05, 0.1) is 0 Å². The van der Waals surface area contributed by atoms with E-state index in [4.69, 9.17) is 0 Å². The van der Waals surface area contributed by atoms with Crippen LogP contribution in [0, 0.1) is 0 Å². The summed E-state index contributed by atoms with van der Waals surface area (Å²) in [6, 6.07) is 2.45. The highest BCUT2D eigenvalue weighted by molar-refractivity contribution is 7.95. The van der Waals surface area contributed by atoms with Crippen LogP contribution in [-0.2, 0) is 15.3 Å². The van der Waals surface area contributed by atoms with Gasteiger partial charge in [-0.15, -0.1) is 13.2 Å². The van der Waals surface area contributed by atoms with E-state index in [2.05, 4.69) is 13.9 Å². The summed E-state index contributed by atoms with van der Waals surface area (Å²) in [6.45, 7) is 1.59. The zero-order valence-corrected chi connectivity index (χ0v) is 10.8. The van der Waals surface area contributed by atoms with E-state index < -0.39 is 30.2 Å². The molecule has 0 aliphatic rings. The quantitative estimate of drug-likeness (QED) is 0.458. The Balaban J connectivity index is 2.97. The van der Waals surface area contributed by atoms with Gasteiger partial charge < -0.3 is 0 Å². The normalized spacial score (nSPS) is 14.3. The molecule has 1 unspecified atom stereocenters. The minimum Gasteiger partial charge on any atom is -0.271 e. The summed E-state index contributed by atoms with van der Waals surface area (Å²) >= 11 is -1.06. The second-order valence-electron chi connectivity index (χ2n) is 3.41. The number of aromatic nitrogens is 1. The van der Waals surface area contributed by atoms with Crippen LogP contribution >= 0.6 is 12.0 Å². The van der Waals surface area contributed by atoms with Crippen molar-refractivity contribution in [3.8, 4) is 0 Å². The summed E-state index contributed by atoms with van der Waals surface area (Å²) in [6.07, 6.45) is -5.86. The number of pyridine rings is 1. The monoisotopic (exact) mass is 321 g/mol. The molecule has 1 atom stereocenters. The molecule has 0 radical (unpaired) electrons. The lowest BCUT2D eigenvalue weighted by Gasteiger charge is -2.21. The maximum absolute atomic E-state index is 12.2. The third-order valence-electron chi connectivity index (χ3n) is 1.98. The Hall–Kier alpha value is -1.00. The van der Waals surface area contributed by atoms with Crippen LogP contribution in [-0.4, -0.2) is 16.9 Å². The maximum atomic E-state index is 12.2. The predicted octanol–water partition coefficient (Wildman–Crippen LogP) is 4.36. The molecule has 0 aromatic carbocycles. The van der Waals surface area contributed by atoms with E-state index in [1.54, 1.807) is 6.92 Å². The predicted molar refractivity (Wildman–Crippen MR) is 58.2 cm³/mol. The highest BCUT2D eigenvalue weighted by atomic mass is 32.2. The highest BCUT2D eigenvalue weighted by Crippen LogP contribution is 2.39. The van der Waals surface area contributed by atoms with Crippen molar-refractivity contribution in [3.63, 3.8) is 0 Å². The van der Waals surface area contributed by atoms with Crippen LogP contribution in [0.25, 0.3) is 0 Å². The van der Waals surface area contributed by atoms with Crippen molar-refractivity contribution >= 4 is 12.0 Å². The fourth-order valence-corrected chi connectivity index (χ4v) is 1.65. The van der Waals surface area contributed by atoms with E-state index >= 15 is 0 Å². The molecule has 1 aromatic heterocycles. The van der Waals surface area contributed by atoms with Crippen molar-refractivity contribution in [2.45, 2.75) is 31.5 Å². The molecule has 114 valence electrons. The lowest BCUT2D eigenvalue weighted by molar-refractivity contribution is -0.369. The van der Waals surface area contributed by atoms with Gasteiger partial charge in [0.2, 0.25) is 6.29 Å². The fraction of sp³-hybridized carbons (Fsp3) is 0.500. The molecule has 10 heteroatoms. The number of nitrogens with zero attached hydrogens (tertiary/aromatic N) is 1. The van der Waals surface area contributed by atoms with Crippen molar-refractivity contribution in [2.24, 2.45) is 0 Å². The first-order valence-corrected chi connectivity index (χ1v) is 5.96. The number of halogens is 6. The van der Waals surface area contributed by atoms with Gasteiger partial charge in [-0.2, -0.15) is 13.2 Å². The molecule has 0 aliphatic heterocycles. The number of aryl methyl sites for hydroxylation is 1. The number of ether oxygens (including phenoxy) is 1. The van der Waals surface area contributed by atoms with Gasteiger partial charge in [0.1, 0.15) is 12.0 Å². The van der Waals surface area contributed by atoms with Crippen LogP contribution in [0.2, 0.25) is 0 Å². The Morgan fingerprint density at radius 1 is 1.25 bits per heavy atom. The highest BCUT2D eigenvalue weighted by Gasteiger charge is 2.39. The van der Waals surface area contributed by atoms with Crippen LogP contribution in [0.3, 0.4) is 0 Å². The molecule has 0 bridgehead atoms. The Kier molecular flexibility index (Phi) is 5.66. The second-order valence-corrected chi connectivity index (χ2v) is 4.24. The van der Waals surface area contributed by atoms with Crippen molar-refractivity contribution in [1.29, 1.82) is 0 Å². The van der Waals surface area contributed by atoms with E-state index in [1.165, 1.54) is 18.3 Å². The van der Waals surface area contributed by atoms with E-state index in [1.807, 2.05) is 0 Å². The average molecular weight is 321 g/mol. The molecule has 0 saturated heterocycles. The van der Waals surface area contributed by atoms with Crippen molar-refractivity contribution in [2.75, 3.05) is 0 Å².